The monoisotopic (exact) mass is 162 g/mol. The average Bonchev–Trinajstić information content (AvgIpc) is 2.27. The molecule has 1 aliphatic rings. The van der Waals surface area contributed by atoms with Crippen LogP contribution in [-0.4, -0.2) is 5.11 Å². The number of phenolic OH excluding ortho intramolecular Hbond substituents is 1. The fraction of sp³-hybridized carbons (Fsp3) is 0.455. The van der Waals surface area contributed by atoms with E-state index in [-0.39, 0.29) is 0 Å². The quantitative estimate of drug-likeness (QED) is 0.621. The minimum atomic E-state index is 0.309. The fourth-order valence-electron chi connectivity index (χ4n) is 2.03. The molecule has 1 aromatic carbocycles. The second kappa shape index (κ2) is 2.25. The van der Waals surface area contributed by atoms with E-state index in [2.05, 4.69) is 19.9 Å². The third-order valence-electron chi connectivity index (χ3n) is 2.84. The molecule has 0 saturated carbocycles. The molecule has 0 aliphatic heterocycles. The first-order valence-electron chi connectivity index (χ1n) is 4.42. The third kappa shape index (κ3) is 1.01. The van der Waals surface area contributed by atoms with Crippen LogP contribution in [0.2, 0.25) is 0 Å². The highest BCUT2D eigenvalue weighted by Gasteiger charge is 2.29. The zero-order valence-electron chi connectivity index (χ0n) is 7.59. The Morgan fingerprint density at radius 1 is 1.33 bits per heavy atom. The molecule has 0 unspecified atom stereocenters. The van der Waals surface area contributed by atoms with Crippen molar-refractivity contribution >= 4 is 0 Å². The highest BCUT2D eigenvalue weighted by molar-refractivity contribution is 5.42. The van der Waals surface area contributed by atoms with Crippen molar-refractivity contribution in [1.29, 1.82) is 0 Å². The van der Waals surface area contributed by atoms with Gasteiger partial charge in [-0.15, -0.1) is 0 Å². The molecule has 0 spiro atoms. The molecule has 12 heavy (non-hydrogen) atoms. The van der Waals surface area contributed by atoms with Gasteiger partial charge in [-0.2, -0.15) is 0 Å². The highest BCUT2D eigenvalue weighted by atomic mass is 16.3. The Morgan fingerprint density at radius 2 is 2.08 bits per heavy atom. The Kier molecular flexibility index (Phi) is 1.44. The van der Waals surface area contributed by atoms with Gasteiger partial charge >= 0.3 is 0 Å². The standard InChI is InChI=1S/C11H14O/c1-11(2)6-5-8-7-9(12)3-4-10(8)11/h3-4,7,12H,5-6H2,1-2H3. The van der Waals surface area contributed by atoms with Gasteiger partial charge in [-0.1, -0.05) is 19.9 Å². The fourth-order valence-corrected chi connectivity index (χ4v) is 2.03. The van der Waals surface area contributed by atoms with Gasteiger partial charge in [-0.25, -0.2) is 0 Å². The predicted octanol–water partition coefficient (Wildman–Crippen LogP) is 2.62. The van der Waals surface area contributed by atoms with Crippen LogP contribution in [0.25, 0.3) is 0 Å². The van der Waals surface area contributed by atoms with Crippen molar-refractivity contribution in [2.24, 2.45) is 0 Å². The van der Waals surface area contributed by atoms with E-state index in [4.69, 9.17) is 0 Å². The molecule has 1 N–H and O–H groups in total. The van der Waals surface area contributed by atoms with Gasteiger partial charge in [0.2, 0.25) is 0 Å². The van der Waals surface area contributed by atoms with E-state index in [1.807, 2.05) is 6.07 Å². The first-order chi connectivity index (χ1) is 5.59. The molecule has 1 heteroatoms. The molecule has 0 radical (unpaired) electrons. The van der Waals surface area contributed by atoms with Crippen LogP contribution in [0, 0.1) is 0 Å². The van der Waals surface area contributed by atoms with Crippen molar-refractivity contribution in [3.8, 4) is 5.75 Å². The molecule has 2 rings (SSSR count). The Hall–Kier alpha value is -0.980. The first kappa shape index (κ1) is 7.66. The van der Waals surface area contributed by atoms with Crippen molar-refractivity contribution in [2.45, 2.75) is 32.1 Å². The van der Waals surface area contributed by atoms with Crippen LogP contribution >= 0.6 is 0 Å². The van der Waals surface area contributed by atoms with Crippen molar-refractivity contribution in [1.82, 2.24) is 0 Å². The lowest BCUT2D eigenvalue weighted by molar-refractivity contribution is 0.474. The Labute approximate surface area is 73.0 Å². The van der Waals surface area contributed by atoms with Gasteiger partial charge in [-0.3, -0.25) is 0 Å². The maximum absolute atomic E-state index is 9.27. The predicted molar refractivity (Wildman–Crippen MR) is 49.5 cm³/mol. The van der Waals surface area contributed by atoms with Crippen LogP contribution in [0.5, 0.6) is 5.75 Å². The Bertz CT molecular complexity index is 313. The lowest BCUT2D eigenvalue weighted by Crippen LogP contribution is -2.11. The molecule has 0 heterocycles. The summed E-state index contributed by atoms with van der Waals surface area (Å²) in [5.41, 5.74) is 3.03. The molecule has 0 bridgehead atoms. The highest BCUT2D eigenvalue weighted by Crippen LogP contribution is 2.39. The zero-order chi connectivity index (χ0) is 8.77. The number of benzene rings is 1. The van der Waals surface area contributed by atoms with E-state index in [9.17, 15) is 5.11 Å². The van der Waals surface area contributed by atoms with Crippen LogP contribution < -0.4 is 0 Å². The largest absolute Gasteiger partial charge is 0.508 e. The summed E-state index contributed by atoms with van der Waals surface area (Å²) in [6.45, 7) is 4.52. The van der Waals surface area contributed by atoms with Crippen LogP contribution in [0.15, 0.2) is 18.2 Å². The van der Waals surface area contributed by atoms with Crippen molar-refractivity contribution < 1.29 is 5.11 Å². The summed E-state index contributed by atoms with van der Waals surface area (Å²) in [7, 11) is 0. The second-order valence-corrected chi connectivity index (χ2v) is 4.23. The normalized spacial score (nSPS) is 19.2. The summed E-state index contributed by atoms with van der Waals surface area (Å²) < 4.78 is 0. The Balaban J connectivity index is 2.55. The molecule has 1 aromatic rings. The lowest BCUT2D eigenvalue weighted by atomic mass is 9.87. The summed E-state index contributed by atoms with van der Waals surface area (Å²) in [6.07, 6.45) is 2.31. The van der Waals surface area contributed by atoms with Crippen LogP contribution in [0.1, 0.15) is 31.4 Å². The molecule has 0 atom stereocenters. The van der Waals surface area contributed by atoms with E-state index < -0.39 is 0 Å². The van der Waals surface area contributed by atoms with Gasteiger partial charge in [0.15, 0.2) is 0 Å². The summed E-state index contributed by atoms with van der Waals surface area (Å²) in [5.74, 6) is 0.395. The van der Waals surface area contributed by atoms with Gasteiger partial charge in [0, 0.05) is 0 Å². The number of fused-ring (bicyclic) bond motifs is 1. The van der Waals surface area contributed by atoms with Gasteiger partial charge in [-0.05, 0) is 41.5 Å². The van der Waals surface area contributed by atoms with Crippen LogP contribution in [-0.2, 0) is 11.8 Å². The molecule has 1 nitrogen and oxygen atoms in total. The molecule has 64 valence electrons. The SMILES string of the molecule is CC1(C)CCc2cc(O)ccc21. The molecular formula is C11H14O. The average molecular weight is 162 g/mol. The molecular weight excluding hydrogens is 148 g/mol. The van der Waals surface area contributed by atoms with E-state index >= 15 is 0 Å². The molecule has 0 aromatic heterocycles. The number of aromatic hydroxyl groups is 1. The van der Waals surface area contributed by atoms with Gasteiger partial charge < -0.3 is 5.11 Å². The maximum Gasteiger partial charge on any atom is 0.115 e. The third-order valence-corrected chi connectivity index (χ3v) is 2.84. The number of phenols is 1. The van der Waals surface area contributed by atoms with E-state index in [0.29, 0.717) is 11.2 Å². The van der Waals surface area contributed by atoms with Crippen LogP contribution in [0.3, 0.4) is 0 Å². The molecule has 0 fully saturated rings. The first-order valence-corrected chi connectivity index (χ1v) is 4.42. The summed E-state index contributed by atoms with van der Waals surface area (Å²) in [4.78, 5) is 0. The number of hydrogen-bond acceptors (Lipinski definition) is 1. The molecule has 0 saturated heterocycles. The van der Waals surface area contributed by atoms with Gasteiger partial charge in [0.1, 0.15) is 5.75 Å². The minimum Gasteiger partial charge on any atom is -0.508 e. The number of aryl methyl sites for hydroxylation is 1. The number of hydrogen-bond donors (Lipinski definition) is 1. The van der Waals surface area contributed by atoms with Crippen molar-refractivity contribution in [2.75, 3.05) is 0 Å². The van der Waals surface area contributed by atoms with Gasteiger partial charge in [0.05, 0.1) is 0 Å². The minimum absolute atomic E-state index is 0.309. The maximum atomic E-state index is 9.27. The number of rotatable bonds is 0. The van der Waals surface area contributed by atoms with E-state index in [0.717, 1.165) is 6.42 Å². The summed E-state index contributed by atoms with van der Waals surface area (Å²) >= 11 is 0. The van der Waals surface area contributed by atoms with Crippen molar-refractivity contribution in [3.05, 3.63) is 29.3 Å². The second-order valence-electron chi connectivity index (χ2n) is 4.23. The summed E-state index contributed by atoms with van der Waals surface area (Å²) in [5, 5.41) is 9.27. The topological polar surface area (TPSA) is 20.2 Å². The summed E-state index contributed by atoms with van der Waals surface area (Å²) in [6, 6.07) is 5.73. The van der Waals surface area contributed by atoms with Crippen molar-refractivity contribution in [3.63, 3.8) is 0 Å². The van der Waals surface area contributed by atoms with E-state index in [1.165, 1.54) is 17.5 Å². The Morgan fingerprint density at radius 3 is 2.83 bits per heavy atom. The van der Waals surface area contributed by atoms with Crippen LogP contribution in [0.4, 0.5) is 0 Å². The smallest absolute Gasteiger partial charge is 0.115 e. The molecule has 0 amide bonds. The molecule has 1 aliphatic carbocycles. The zero-order valence-corrected chi connectivity index (χ0v) is 7.59. The van der Waals surface area contributed by atoms with Gasteiger partial charge in [0.25, 0.3) is 0 Å². The lowest BCUT2D eigenvalue weighted by Gasteiger charge is -2.18. The van der Waals surface area contributed by atoms with E-state index in [1.54, 1.807) is 6.07 Å².